The van der Waals surface area contributed by atoms with Gasteiger partial charge in [-0.1, -0.05) is 41.7 Å². The molecule has 5 heteroatoms. The third-order valence-electron chi connectivity index (χ3n) is 2.18. The number of rotatable bonds is 3. The predicted octanol–water partition coefficient (Wildman–Crippen LogP) is 2.81. The molecule has 0 saturated heterocycles. The summed E-state index contributed by atoms with van der Waals surface area (Å²) in [6.07, 6.45) is 0. The molecule has 2 aromatic rings. The first kappa shape index (κ1) is 11.6. The molecule has 0 saturated carbocycles. The molecule has 1 aromatic heterocycles. The van der Waals surface area contributed by atoms with Crippen LogP contribution in [0.3, 0.4) is 0 Å². The molecule has 17 heavy (non-hydrogen) atoms. The summed E-state index contributed by atoms with van der Waals surface area (Å²) in [7, 11) is 1.81. The van der Waals surface area contributed by atoms with E-state index in [4.69, 9.17) is 0 Å². The fourth-order valence-corrected chi connectivity index (χ4v) is 2.35. The monoisotopic (exact) mass is 247 g/mol. The smallest absolute Gasteiger partial charge is 0.221 e. The highest BCUT2D eigenvalue weighted by molar-refractivity contribution is 7.20. The molecule has 0 aliphatic rings. The Morgan fingerprint density at radius 3 is 2.59 bits per heavy atom. The van der Waals surface area contributed by atoms with Crippen molar-refractivity contribution in [3.63, 3.8) is 0 Å². The number of benzene rings is 1. The fourth-order valence-electron chi connectivity index (χ4n) is 1.46. The zero-order valence-electron chi connectivity index (χ0n) is 9.65. The molecule has 0 bridgehead atoms. The summed E-state index contributed by atoms with van der Waals surface area (Å²) >= 11 is 1.43. The van der Waals surface area contributed by atoms with E-state index in [-0.39, 0.29) is 5.91 Å². The Hall–Kier alpha value is -1.88. The molecule has 2 N–H and O–H groups in total. The third-order valence-corrected chi connectivity index (χ3v) is 3.17. The van der Waals surface area contributed by atoms with Crippen molar-refractivity contribution in [2.45, 2.75) is 6.92 Å². The normalized spacial score (nSPS) is 10.0. The first-order valence-electron chi connectivity index (χ1n) is 5.22. The third kappa shape index (κ3) is 2.62. The zero-order valence-corrected chi connectivity index (χ0v) is 10.5. The van der Waals surface area contributed by atoms with E-state index in [1.807, 2.05) is 37.4 Å². The Kier molecular flexibility index (Phi) is 3.39. The number of anilines is 2. The summed E-state index contributed by atoms with van der Waals surface area (Å²) in [5.41, 5.74) is 1.80. The molecule has 4 nitrogen and oxygen atoms in total. The van der Waals surface area contributed by atoms with Gasteiger partial charge in [-0.25, -0.2) is 4.98 Å². The Bertz CT molecular complexity index is 522. The Labute approximate surface area is 104 Å². The minimum absolute atomic E-state index is 0.0894. The van der Waals surface area contributed by atoms with Gasteiger partial charge in [-0.3, -0.25) is 4.79 Å². The molecule has 0 aliphatic heterocycles. The van der Waals surface area contributed by atoms with Gasteiger partial charge in [0.1, 0.15) is 10.7 Å². The van der Waals surface area contributed by atoms with Crippen molar-refractivity contribution < 1.29 is 4.79 Å². The number of thiazole rings is 1. The molecular weight excluding hydrogens is 234 g/mol. The maximum atomic E-state index is 11.1. The van der Waals surface area contributed by atoms with Crippen LogP contribution in [0.15, 0.2) is 30.3 Å². The number of nitrogens with one attached hydrogen (secondary N) is 2. The second kappa shape index (κ2) is 4.97. The summed E-state index contributed by atoms with van der Waals surface area (Å²) in [6, 6.07) is 9.79. The minimum atomic E-state index is -0.0894. The first-order chi connectivity index (χ1) is 8.20. The van der Waals surface area contributed by atoms with Crippen LogP contribution in [0, 0.1) is 0 Å². The van der Waals surface area contributed by atoms with Crippen molar-refractivity contribution >= 4 is 27.4 Å². The van der Waals surface area contributed by atoms with Gasteiger partial charge in [0.05, 0.1) is 0 Å². The first-order valence-corrected chi connectivity index (χ1v) is 6.04. The lowest BCUT2D eigenvalue weighted by atomic mass is 10.2. The van der Waals surface area contributed by atoms with Crippen molar-refractivity contribution in [1.82, 2.24) is 4.98 Å². The molecule has 88 valence electrons. The molecule has 1 heterocycles. The van der Waals surface area contributed by atoms with Crippen LogP contribution in [0.25, 0.3) is 11.3 Å². The maximum absolute atomic E-state index is 11.1. The van der Waals surface area contributed by atoms with Crippen LogP contribution in [0.5, 0.6) is 0 Å². The predicted molar refractivity (Wildman–Crippen MR) is 71.4 cm³/mol. The van der Waals surface area contributed by atoms with Gasteiger partial charge in [-0.15, -0.1) is 0 Å². The van der Waals surface area contributed by atoms with Gasteiger partial charge in [0, 0.05) is 19.5 Å². The number of nitrogens with zero attached hydrogens (tertiary/aromatic N) is 1. The minimum Gasteiger partial charge on any atom is -0.365 e. The summed E-state index contributed by atoms with van der Waals surface area (Å²) in [6.45, 7) is 1.49. The quantitative estimate of drug-likeness (QED) is 0.877. The van der Waals surface area contributed by atoms with Crippen LogP contribution < -0.4 is 10.6 Å². The van der Waals surface area contributed by atoms with E-state index in [0.717, 1.165) is 21.4 Å². The second-order valence-corrected chi connectivity index (χ2v) is 4.49. The van der Waals surface area contributed by atoms with E-state index in [1.54, 1.807) is 0 Å². The standard InChI is InChI=1S/C12H13N3OS/c1-8(16)14-11-10(15-12(13-2)17-11)9-6-4-3-5-7-9/h3-7H,1-2H3,(H,13,15)(H,14,16). The lowest BCUT2D eigenvalue weighted by Crippen LogP contribution is -2.05. The summed E-state index contributed by atoms with van der Waals surface area (Å²) < 4.78 is 0. The van der Waals surface area contributed by atoms with Gasteiger partial charge in [0.2, 0.25) is 5.91 Å². The summed E-state index contributed by atoms with van der Waals surface area (Å²) in [5, 5.41) is 7.35. The number of hydrogen-bond donors (Lipinski definition) is 2. The highest BCUT2D eigenvalue weighted by atomic mass is 32.1. The van der Waals surface area contributed by atoms with Gasteiger partial charge < -0.3 is 10.6 Å². The number of carbonyl (C=O) groups excluding carboxylic acids is 1. The lowest BCUT2D eigenvalue weighted by Gasteiger charge is -2.01. The SMILES string of the molecule is CNc1nc(-c2ccccc2)c(NC(C)=O)s1. The topological polar surface area (TPSA) is 54.0 Å². The Balaban J connectivity index is 2.44. The molecule has 0 atom stereocenters. The molecule has 1 aromatic carbocycles. The van der Waals surface area contributed by atoms with Gasteiger partial charge in [0.25, 0.3) is 0 Å². The van der Waals surface area contributed by atoms with Gasteiger partial charge in [-0.2, -0.15) is 0 Å². The number of carbonyl (C=O) groups is 1. The Morgan fingerprint density at radius 1 is 1.29 bits per heavy atom. The van der Waals surface area contributed by atoms with Crippen LogP contribution in [-0.2, 0) is 4.79 Å². The number of hydrogen-bond acceptors (Lipinski definition) is 4. The number of aromatic nitrogens is 1. The van der Waals surface area contributed by atoms with Crippen LogP contribution in [0.1, 0.15) is 6.92 Å². The van der Waals surface area contributed by atoms with Crippen molar-refractivity contribution in [3.05, 3.63) is 30.3 Å². The van der Waals surface area contributed by atoms with Gasteiger partial charge >= 0.3 is 0 Å². The molecule has 0 radical (unpaired) electrons. The molecule has 2 rings (SSSR count). The average molecular weight is 247 g/mol. The molecule has 1 amide bonds. The highest BCUT2D eigenvalue weighted by Gasteiger charge is 2.13. The van der Waals surface area contributed by atoms with Crippen LogP contribution in [0.2, 0.25) is 0 Å². The Morgan fingerprint density at radius 2 is 2.00 bits per heavy atom. The van der Waals surface area contributed by atoms with E-state index in [0.29, 0.717) is 0 Å². The maximum Gasteiger partial charge on any atom is 0.221 e. The molecule has 0 fully saturated rings. The largest absolute Gasteiger partial charge is 0.365 e. The van der Waals surface area contributed by atoms with Crippen molar-refractivity contribution in [2.24, 2.45) is 0 Å². The van der Waals surface area contributed by atoms with Crippen molar-refractivity contribution in [1.29, 1.82) is 0 Å². The van der Waals surface area contributed by atoms with Crippen LogP contribution >= 0.6 is 11.3 Å². The lowest BCUT2D eigenvalue weighted by molar-refractivity contribution is -0.114. The zero-order chi connectivity index (χ0) is 12.3. The summed E-state index contributed by atoms with van der Waals surface area (Å²) in [4.78, 5) is 15.6. The van der Waals surface area contributed by atoms with Gasteiger partial charge in [0.15, 0.2) is 5.13 Å². The molecule has 0 spiro atoms. The number of amides is 1. The van der Waals surface area contributed by atoms with Gasteiger partial charge in [-0.05, 0) is 0 Å². The van der Waals surface area contributed by atoms with E-state index < -0.39 is 0 Å². The highest BCUT2D eigenvalue weighted by Crippen LogP contribution is 2.35. The average Bonchev–Trinajstić information content (AvgIpc) is 2.72. The van der Waals surface area contributed by atoms with Crippen molar-refractivity contribution in [3.8, 4) is 11.3 Å². The van der Waals surface area contributed by atoms with E-state index in [9.17, 15) is 4.79 Å². The van der Waals surface area contributed by atoms with Crippen molar-refractivity contribution in [2.75, 3.05) is 17.7 Å². The van der Waals surface area contributed by atoms with E-state index in [2.05, 4.69) is 15.6 Å². The molecule has 0 unspecified atom stereocenters. The molecular formula is C12H13N3OS. The second-order valence-electron chi connectivity index (χ2n) is 3.49. The van der Waals surface area contributed by atoms with Crippen LogP contribution in [0.4, 0.5) is 10.1 Å². The van der Waals surface area contributed by atoms with E-state index >= 15 is 0 Å². The summed E-state index contributed by atoms with van der Waals surface area (Å²) in [5.74, 6) is -0.0894. The van der Waals surface area contributed by atoms with E-state index in [1.165, 1.54) is 18.3 Å². The molecule has 0 aliphatic carbocycles. The van der Waals surface area contributed by atoms with Crippen LogP contribution in [-0.4, -0.2) is 17.9 Å². The fraction of sp³-hybridized carbons (Fsp3) is 0.167.